The molecule has 8 nitrogen and oxygen atoms in total. The fraction of sp³-hybridized carbons (Fsp3) is 0.400. The monoisotopic (exact) mass is 309 g/mol. The Morgan fingerprint density at radius 2 is 2.13 bits per heavy atom. The Morgan fingerprint density at radius 3 is 2.70 bits per heavy atom. The number of anilines is 1. The van der Waals surface area contributed by atoms with Gasteiger partial charge in [-0.1, -0.05) is 0 Å². The maximum Gasteiger partial charge on any atom is 0.330 e. The van der Waals surface area contributed by atoms with Gasteiger partial charge in [-0.15, -0.1) is 0 Å². The molecular formula is C15H15N7O. The highest BCUT2D eigenvalue weighted by Gasteiger charge is 2.30. The summed E-state index contributed by atoms with van der Waals surface area (Å²) < 4.78 is 3.45. The van der Waals surface area contributed by atoms with Crippen molar-refractivity contribution in [3.8, 4) is 12.1 Å². The average molecular weight is 309 g/mol. The van der Waals surface area contributed by atoms with E-state index in [1.165, 1.54) is 0 Å². The van der Waals surface area contributed by atoms with Gasteiger partial charge in [0, 0.05) is 12.1 Å². The fourth-order valence-electron chi connectivity index (χ4n) is 2.54. The third kappa shape index (κ3) is 2.55. The molecule has 3 rings (SSSR count). The average Bonchev–Trinajstić information content (AvgIpc) is 3.31. The zero-order valence-corrected chi connectivity index (χ0v) is 12.8. The smallest absolute Gasteiger partial charge is 0.288 e. The minimum atomic E-state index is -0.276. The maximum atomic E-state index is 12.6. The van der Waals surface area contributed by atoms with E-state index in [1.807, 2.05) is 13.8 Å². The number of fused-ring (bicyclic) bond motifs is 1. The van der Waals surface area contributed by atoms with Crippen LogP contribution in [0.5, 0.6) is 0 Å². The molecule has 1 saturated carbocycles. The van der Waals surface area contributed by atoms with E-state index >= 15 is 0 Å². The zero-order valence-electron chi connectivity index (χ0n) is 12.8. The Labute approximate surface area is 132 Å². The van der Waals surface area contributed by atoms with Crippen LogP contribution in [0.3, 0.4) is 0 Å². The first-order valence-electron chi connectivity index (χ1n) is 7.33. The number of pyridine rings is 1. The van der Waals surface area contributed by atoms with Gasteiger partial charge in [-0.3, -0.25) is 14.6 Å². The zero-order chi connectivity index (χ0) is 16.6. The van der Waals surface area contributed by atoms with Crippen LogP contribution in [0, 0.1) is 22.7 Å². The van der Waals surface area contributed by atoms with Gasteiger partial charge in [0.25, 0.3) is 0 Å². The lowest BCUT2D eigenvalue weighted by Gasteiger charge is -2.07. The van der Waals surface area contributed by atoms with Crippen LogP contribution >= 0.6 is 0 Å². The minimum Gasteiger partial charge on any atom is -0.288 e. The SMILES string of the molecule is CC(C)n1c(=O)n(C2CC2)c2ncc(NN=C(C#N)C#N)cc21. The predicted octanol–water partition coefficient (Wildman–Crippen LogP) is 1.93. The Hall–Kier alpha value is -3.13. The number of rotatable bonds is 4. The van der Waals surface area contributed by atoms with Crippen molar-refractivity contribution >= 4 is 22.6 Å². The molecule has 8 heteroatoms. The van der Waals surface area contributed by atoms with Gasteiger partial charge in [0.2, 0.25) is 5.71 Å². The molecule has 1 aliphatic rings. The highest BCUT2D eigenvalue weighted by molar-refractivity contribution is 6.10. The molecule has 23 heavy (non-hydrogen) atoms. The molecule has 0 spiro atoms. The summed E-state index contributed by atoms with van der Waals surface area (Å²) in [7, 11) is 0. The second kappa shape index (κ2) is 5.58. The molecule has 0 radical (unpaired) electrons. The van der Waals surface area contributed by atoms with Crippen molar-refractivity contribution in [2.45, 2.75) is 38.8 Å². The van der Waals surface area contributed by atoms with Gasteiger partial charge in [0.1, 0.15) is 12.1 Å². The molecule has 0 amide bonds. The van der Waals surface area contributed by atoms with Gasteiger partial charge < -0.3 is 0 Å². The topological polar surface area (TPSA) is 112 Å². The van der Waals surface area contributed by atoms with Crippen LogP contribution < -0.4 is 11.1 Å². The normalized spacial score (nSPS) is 13.6. The molecule has 0 aliphatic heterocycles. The molecule has 116 valence electrons. The third-order valence-electron chi connectivity index (χ3n) is 3.68. The lowest BCUT2D eigenvalue weighted by Crippen LogP contribution is -2.25. The van der Waals surface area contributed by atoms with Crippen LogP contribution in [-0.2, 0) is 0 Å². The number of aromatic nitrogens is 3. The van der Waals surface area contributed by atoms with Crippen molar-refractivity contribution in [3.05, 3.63) is 22.7 Å². The van der Waals surface area contributed by atoms with Gasteiger partial charge in [-0.2, -0.15) is 15.6 Å². The second-order valence-corrected chi connectivity index (χ2v) is 5.71. The molecule has 2 aromatic heterocycles. The van der Waals surface area contributed by atoms with E-state index in [0.29, 0.717) is 16.9 Å². The Bertz CT molecular complexity index is 916. The van der Waals surface area contributed by atoms with E-state index in [1.54, 1.807) is 33.5 Å². The summed E-state index contributed by atoms with van der Waals surface area (Å²) in [6.45, 7) is 3.89. The lowest BCUT2D eigenvalue weighted by atomic mass is 10.3. The van der Waals surface area contributed by atoms with Gasteiger partial charge in [-0.25, -0.2) is 9.78 Å². The maximum absolute atomic E-state index is 12.6. The van der Waals surface area contributed by atoms with E-state index in [-0.39, 0.29) is 23.5 Å². The first kappa shape index (κ1) is 14.8. The number of hydrogen-bond donors (Lipinski definition) is 1. The van der Waals surface area contributed by atoms with Crippen molar-refractivity contribution in [1.29, 1.82) is 10.5 Å². The highest BCUT2D eigenvalue weighted by Crippen LogP contribution is 2.36. The molecule has 0 saturated heterocycles. The Morgan fingerprint density at radius 1 is 1.43 bits per heavy atom. The molecule has 1 N–H and O–H groups in total. The molecule has 0 unspecified atom stereocenters. The van der Waals surface area contributed by atoms with Crippen LogP contribution in [-0.4, -0.2) is 19.8 Å². The summed E-state index contributed by atoms with van der Waals surface area (Å²) in [5, 5.41) is 21.1. The molecule has 1 fully saturated rings. The van der Waals surface area contributed by atoms with Gasteiger partial charge in [0.05, 0.1) is 17.4 Å². The number of nitrogens with one attached hydrogen (secondary N) is 1. The van der Waals surface area contributed by atoms with E-state index in [9.17, 15) is 4.79 Å². The van der Waals surface area contributed by atoms with Crippen LogP contribution in [0.1, 0.15) is 38.8 Å². The number of imidazole rings is 1. The third-order valence-corrected chi connectivity index (χ3v) is 3.68. The quantitative estimate of drug-likeness (QED) is 0.685. The van der Waals surface area contributed by atoms with Gasteiger partial charge >= 0.3 is 5.69 Å². The van der Waals surface area contributed by atoms with Crippen molar-refractivity contribution in [2.75, 3.05) is 5.43 Å². The van der Waals surface area contributed by atoms with E-state index in [4.69, 9.17) is 10.5 Å². The van der Waals surface area contributed by atoms with E-state index in [0.717, 1.165) is 12.8 Å². The standard InChI is InChI=1S/C15H15N7O/c1-9(2)21-13-5-10(19-20-11(6-16)7-17)8-18-14(13)22(15(21)23)12-3-4-12/h5,8-9,12,19H,3-4H2,1-2H3. The number of nitrogens with zero attached hydrogens (tertiary/aromatic N) is 6. The van der Waals surface area contributed by atoms with Crippen molar-refractivity contribution in [1.82, 2.24) is 14.1 Å². The minimum absolute atomic E-state index is 0.000621. The lowest BCUT2D eigenvalue weighted by molar-refractivity contribution is 0.568. The van der Waals surface area contributed by atoms with Crippen molar-refractivity contribution < 1.29 is 0 Å². The van der Waals surface area contributed by atoms with Crippen LogP contribution in [0.15, 0.2) is 22.2 Å². The first-order valence-corrected chi connectivity index (χ1v) is 7.33. The molecule has 1 aliphatic carbocycles. The molecule has 2 aromatic rings. The fourth-order valence-corrected chi connectivity index (χ4v) is 2.54. The van der Waals surface area contributed by atoms with Crippen LogP contribution in [0.4, 0.5) is 5.69 Å². The predicted molar refractivity (Wildman–Crippen MR) is 84.9 cm³/mol. The Kier molecular flexibility index (Phi) is 3.59. The van der Waals surface area contributed by atoms with Crippen molar-refractivity contribution in [2.24, 2.45) is 5.10 Å². The van der Waals surface area contributed by atoms with Gasteiger partial charge in [0.15, 0.2) is 5.65 Å². The second-order valence-electron chi connectivity index (χ2n) is 5.71. The van der Waals surface area contributed by atoms with Crippen LogP contribution in [0.2, 0.25) is 0 Å². The number of hydrogen-bond acceptors (Lipinski definition) is 6. The molecular weight excluding hydrogens is 294 g/mol. The summed E-state index contributed by atoms with van der Waals surface area (Å²) in [5.41, 5.74) is 4.19. The molecule has 0 atom stereocenters. The molecule has 0 bridgehead atoms. The Balaban J connectivity index is 2.11. The number of nitriles is 2. The summed E-state index contributed by atoms with van der Waals surface area (Å²) in [5.74, 6) is 0. The number of hydrazone groups is 1. The first-order chi connectivity index (χ1) is 11.1. The van der Waals surface area contributed by atoms with E-state index < -0.39 is 0 Å². The highest BCUT2D eigenvalue weighted by atomic mass is 16.2. The van der Waals surface area contributed by atoms with Crippen LogP contribution in [0.25, 0.3) is 11.2 Å². The summed E-state index contributed by atoms with van der Waals surface area (Å²) in [6.07, 6.45) is 3.54. The summed E-state index contributed by atoms with van der Waals surface area (Å²) in [4.78, 5) is 17.0. The molecule has 2 heterocycles. The largest absolute Gasteiger partial charge is 0.330 e. The van der Waals surface area contributed by atoms with Gasteiger partial charge in [-0.05, 0) is 32.8 Å². The summed E-state index contributed by atoms with van der Waals surface area (Å²) >= 11 is 0. The van der Waals surface area contributed by atoms with Crippen molar-refractivity contribution in [3.63, 3.8) is 0 Å². The molecule has 0 aromatic carbocycles. The van der Waals surface area contributed by atoms with E-state index in [2.05, 4.69) is 15.5 Å². The summed E-state index contributed by atoms with van der Waals surface area (Å²) in [6, 6.07) is 5.34.